The average molecular weight is 338 g/mol. The molecule has 3 aromatic rings. The molecule has 0 fully saturated rings. The van der Waals surface area contributed by atoms with Crippen molar-refractivity contribution < 1.29 is 9.72 Å². The number of nitro benzene ring substituents is 1. The molecule has 0 saturated carbocycles. The Balaban J connectivity index is 1.72. The smallest absolute Gasteiger partial charge is 0.292 e. The molecule has 8 heteroatoms. The monoisotopic (exact) mass is 338 g/mol. The summed E-state index contributed by atoms with van der Waals surface area (Å²) in [6.07, 6.45) is 1.38. The van der Waals surface area contributed by atoms with Gasteiger partial charge in [-0.05, 0) is 18.2 Å². The van der Waals surface area contributed by atoms with E-state index >= 15 is 0 Å². The van der Waals surface area contributed by atoms with Crippen molar-refractivity contribution in [2.24, 2.45) is 0 Å². The van der Waals surface area contributed by atoms with E-state index in [4.69, 9.17) is 0 Å². The highest BCUT2D eigenvalue weighted by molar-refractivity contribution is 5.93. The molecule has 2 aromatic carbocycles. The third kappa shape index (κ3) is 3.52. The number of para-hydroxylation sites is 3. The molecule has 0 aliphatic heterocycles. The van der Waals surface area contributed by atoms with Crippen molar-refractivity contribution >= 4 is 28.2 Å². The van der Waals surface area contributed by atoms with Crippen molar-refractivity contribution in [3.63, 3.8) is 0 Å². The second kappa shape index (κ2) is 6.91. The van der Waals surface area contributed by atoms with Crippen molar-refractivity contribution in [3.8, 4) is 0 Å². The van der Waals surface area contributed by atoms with E-state index in [2.05, 4.69) is 10.3 Å². The van der Waals surface area contributed by atoms with Gasteiger partial charge in [-0.1, -0.05) is 24.3 Å². The first-order valence-corrected chi connectivity index (χ1v) is 7.54. The van der Waals surface area contributed by atoms with Crippen LogP contribution in [0.2, 0.25) is 0 Å². The summed E-state index contributed by atoms with van der Waals surface area (Å²) in [6.45, 7) is 0.128. The molecule has 0 saturated heterocycles. The number of carbonyl (C=O) groups excluding carboxylic acids is 1. The van der Waals surface area contributed by atoms with Crippen LogP contribution in [0.25, 0.3) is 10.9 Å². The van der Waals surface area contributed by atoms with Crippen molar-refractivity contribution in [1.82, 2.24) is 9.55 Å². The number of carbonyl (C=O) groups is 1. The largest absolute Gasteiger partial charge is 0.320 e. The lowest BCUT2D eigenvalue weighted by molar-refractivity contribution is -0.383. The maximum absolute atomic E-state index is 12.3. The van der Waals surface area contributed by atoms with Gasteiger partial charge in [0.15, 0.2) is 0 Å². The third-order valence-electron chi connectivity index (χ3n) is 3.69. The van der Waals surface area contributed by atoms with Crippen LogP contribution in [0.5, 0.6) is 0 Å². The zero-order valence-electron chi connectivity index (χ0n) is 13.1. The van der Waals surface area contributed by atoms with Crippen LogP contribution in [-0.4, -0.2) is 20.4 Å². The Morgan fingerprint density at radius 3 is 2.68 bits per heavy atom. The van der Waals surface area contributed by atoms with Crippen LogP contribution in [0, 0.1) is 10.1 Å². The standard InChI is InChI=1S/C17H14N4O4/c22-16(19-14-7-3-4-8-15(14)21(24)25)9-10-20-11-18-13-6-2-1-5-12(13)17(20)23/h1-8,11H,9-10H2,(H,19,22). The minimum absolute atomic E-state index is 0.00796. The van der Waals surface area contributed by atoms with Gasteiger partial charge in [0.25, 0.3) is 11.2 Å². The Kier molecular flexibility index (Phi) is 4.51. The van der Waals surface area contributed by atoms with Crippen molar-refractivity contribution in [1.29, 1.82) is 0 Å². The highest BCUT2D eigenvalue weighted by Gasteiger charge is 2.14. The number of hydrogen-bond donors (Lipinski definition) is 1. The van der Waals surface area contributed by atoms with E-state index in [1.807, 2.05) is 0 Å². The molecule has 1 amide bonds. The Hall–Kier alpha value is -3.55. The summed E-state index contributed by atoms with van der Waals surface area (Å²) in [5, 5.41) is 13.9. The SMILES string of the molecule is O=C(CCn1cnc2ccccc2c1=O)Nc1ccccc1[N+](=O)[O-]. The molecule has 0 spiro atoms. The number of benzene rings is 2. The normalized spacial score (nSPS) is 10.6. The number of anilines is 1. The number of fused-ring (bicyclic) bond motifs is 1. The van der Waals surface area contributed by atoms with Crippen molar-refractivity contribution in [2.45, 2.75) is 13.0 Å². The molecule has 1 aromatic heterocycles. The number of nitrogens with zero attached hydrogens (tertiary/aromatic N) is 3. The summed E-state index contributed by atoms with van der Waals surface area (Å²) in [5.74, 6) is -0.422. The van der Waals surface area contributed by atoms with Gasteiger partial charge in [-0.25, -0.2) is 4.98 Å². The van der Waals surface area contributed by atoms with Crippen LogP contribution in [0.15, 0.2) is 59.7 Å². The van der Waals surface area contributed by atoms with Gasteiger partial charge in [0.2, 0.25) is 5.91 Å². The molecular formula is C17H14N4O4. The number of rotatable bonds is 5. The molecule has 3 rings (SSSR count). The summed E-state index contributed by atoms with van der Waals surface area (Å²) in [4.78, 5) is 39.0. The van der Waals surface area contributed by atoms with Crippen LogP contribution in [0.4, 0.5) is 11.4 Å². The van der Waals surface area contributed by atoms with Gasteiger partial charge in [-0.15, -0.1) is 0 Å². The number of aryl methyl sites for hydroxylation is 1. The van der Waals surface area contributed by atoms with Gasteiger partial charge in [0.1, 0.15) is 5.69 Å². The van der Waals surface area contributed by atoms with Gasteiger partial charge in [0, 0.05) is 19.0 Å². The van der Waals surface area contributed by atoms with Gasteiger partial charge in [0.05, 0.1) is 22.2 Å². The summed E-state index contributed by atoms with van der Waals surface area (Å²) < 4.78 is 1.35. The van der Waals surface area contributed by atoms with Crippen molar-refractivity contribution in [2.75, 3.05) is 5.32 Å². The predicted molar refractivity (Wildman–Crippen MR) is 92.3 cm³/mol. The van der Waals surface area contributed by atoms with E-state index in [9.17, 15) is 19.7 Å². The predicted octanol–water partition coefficient (Wildman–Crippen LogP) is 2.33. The lowest BCUT2D eigenvalue weighted by Crippen LogP contribution is -2.23. The first kappa shape index (κ1) is 16.3. The van der Waals surface area contributed by atoms with E-state index in [0.717, 1.165) is 0 Å². The zero-order chi connectivity index (χ0) is 17.8. The molecule has 0 atom stereocenters. The summed E-state index contributed by atoms with van der Waals surface area (Å²) in [6, 6.07) is 12.8. The summed E-state index contributed by atoms with van der Waals surface area (Å²) in [7, 11) is 0. The Labute approximate surface area is 141 Å². The maximum atomic E-state index is 12.3. The Morgan fingerprint density at radius 2 is 1.88 bits per heavy atom. The number of hydrogen-bond acceptors (Lipinski definition) is 5. The third-order valence-corrected chi connectivity index (χ3v) is 3.69. The molecule has 126 valence electrons. The molecule has 0 radical (unpaired) electrons. The van der Waals surface area contributed by atoms with E-state index in [1.165, 1.54) is 29.1 Å². The van der Waals surface area contributed by atoms with Gasteiger partial charge in [-0.2, -0.15) is 0 Å². The number of nitrogens with one attached hydrogen (secondary N) is 1. The fourth-order valence-electron chi connectivity index (χ4n) is 2.44. The lowest BCUT2D eigenvalue weighted by atomic mass is 10.2. The molecule has 8 nitrogen and oxygen atoms in total. The molecule has 0 aliphatic rings. The van der Waals surface area contributed by atoms with E-state index in [-0.39, 0.29) is 29.9 Å². The average Bonchev–Trinajstić information content (AvgIpc) is 2.61. The lowest BCUT2D eigenvalue weighted by Gasteiger charge is -2.08. The Bertz CT molecular complexity index is 1010. The minimum Gasteiger partial charge on any atom is -0.320 e. The fraction of sp³-hybridized carbons (Fsp3) is 0.118. The number of nitro groups is 1. The molecule has 1 heterocycles. The van der Waals surface area contributed by atoms with Crippen LogP contribution in [-0.2, 0) is 11.3 Å². The highest BCUT2D eigenvalue weighted by Crippen LogP contribution is 2.23. The molecule has 0 aliphatic carbocycles. The number of amides is 1. The van der Waals surface area contributed by atoms with Crippen LogP contribution >= 0.6 is 0 Å². The van der Waals surface area contributed by atoms with E-state index < -0.39 is 10.8 Å². The molecule has 0 unspecified atom stereocenters. The maximum Gasteiger partial charge on any atom is 0.292 e. The van der Waals surface area contributed by atoms with Gasteiger partial charge in [-0.3, -0.25) is 24.3 Å². The summed E-state index contributed by atoms with van der Waals surface area (Å²) >= 11 is 0. The molecule has 25 heavy (non-hydrogen) atoms. The quantitative estimate of drug-likeness (QED) is 0.567. The Morgan fingerprint density at radius 1 is 1.16 bits per heavy atom. The second-order valence-electron chi connectivity index (χ2n) is 5.33. The highest BCUT2D eigenvalue weighted by atomic mass is 16.6. The van der Waals surface area contributed by atoms with Gasteiger partial charge < -0.3 is 5.32 Å². The molecule has 1 N–H and O–H groups in total. The first-order chi connectivity index (χ1) is 12.1. The van der Waals surface area contributed by atoms with E-state index in [1.54, 1.807) is 30.3 Å². The molecule has 0 bridgehead atoms. The first-order valence-electron chi connectivity index (χ1n) is 7.54. The topological polar surface area (TPSA) is 107 Å². The van der Waals surface area contributed by atoms with Crippen molar-refractivity contribution in [3.05, 3.63) is 75.3 Å². The minimum atomic E-state index is -0.562. The zero-order valence-corrected chi connectivity index (χ0v) is 13.1. The van der Waals surface area contributed by atoms with Gasteiger partial charge >= 0.3 is 0 Å². The summed E-state index contributed by atoms with van der Waals surface area (Å²) in [5.41, 5.74) is 0.305. The fourth-order valence-corrected chi connectivity index (χ4v) is 2.44. The molecular weight excluding hydrogens is 324 g/mol. The second-order valence-corrected chi connectivity index (χ2v) is 5.33. The van der Waals surface area contributed by atoms with Crippen LogP contribution in [0.3, 0.4) is 0 Å². The van der Waals surface area contributed by atoms with Crippen LogP contribution < -0.4 is 10.9 Å². The number of aromatic nitrogens is 2. The van der Waals surface area contributed by atoms with E-state index in [0.29, 0.717) is 10.9 Å². The van der Waals surface area contributed by atoms with Crippen LogP contribution in [0.1, 0.15) is 6.42 Å².